The summed E-state index contributed by atoms with van der Waals surface area (Å²) in [6.07, 6.45) is 0. The third-order valence-corrected chi connectivity index (χ3v) is 3.07. The molecule has 1 N–H and O–H groups in total. The Morgan fingerprint density at radius 3 is 2.45 bits per heavy atom. The maximum absolute atomic E-state index is 13.3. The summed E-state index contributed by atoms with van der Waals surface area (Å²) >= 11 is 0. The lowest BCUT2D eigenvalue weighted by Gasteiger charge is -2.14. The fourth-order valence-electron chi connectivity index (χ4n) is 1.96. The average molecular weight is 272 g/mol. The predicted molar refractivity (Wildman–Crippen MR) is 72.8 cm³/mol. The van der Waals surface area contributed by atoms with E-state index >= 15 is 0 Å². The maximum atomic E-state index is 13.3. The number of hydrogen-bond donors (Lipinski definition) is 1. The molecule has 2 rings (SSSR count). The van der Waals surface area contributed by atoms with Crippen LogP contribution in [0.1, 0.15) is 29.7 Å². The normalized spacial score (nSPS) is 11.9. The zero-order valence-corrected chi connectivity index (χ0v) is 11.0. The van der Waals surface area contributed by atoms with Crippen molar-refractivity contribution in [2.75, 3.05) is 0 Å². The second-order valence-corrected chi connectivity index (χ2v) is 4.61. The summed E-state index contributed by atoms with van der Waals surface area (Å²) in [6, 6.07) is 12.4. The maximum Gasteiger partial charge on any atom is 0.124 e. The topological polar surface area (TPSA) is 35.8 Å². The van der Waals surface area contributed by atoms with Gasteiger partial charge in [-0.15, -0.1) is 0 Å². The first-order chi connectivity index (χ1) is 9.58. The molecule has 102 valence electrons. The molecule has 2 aromatic rings. The molecule has 0 aliphatic heterocycles. The van der Waals surface area contributed by atoms with Crippen LogP contribution in [0.15, 0.2) is 42.5 Å². The van der Waals surface area contributed by atoms with E-state index in [1.807, 2.05) is 13.0 Å². The minimum absolute atomic E-state index is 0.00408. The van der Waals surface area contributed by atoms with E-state index in [0.717, 1.165) is 5.56 Å². The van der Waals surface area contributed by atoms with Gasteiger partial charge in [-0.1, -0.05) is 12.1 Å². The van der Waals surface area contributed by atoms with Crippen LogP contribution in [-0.4, -0.2) is 0 Å². The van der Waals surface area contributed by atoms with Crippen LogP contribution in [0.4, 0.5) is 8.78 Å². The third-order valence-electron chi connectivity index (χ3n) is 3.07. The van der Waals surface area contributed by atoms with E-state index in [2.05, 4.69) is 5.32 Å². The van der Waals surface area contributed by atoms with E-state index in [0.29, 0.717) is 17.7 Å². The van der Waals surface area contributed by atoms with E-state index in [4.69, 9.17) is 5.26 Å². The molecule has 2 nitrogen and oxygen atoms in total. The molecule has 0 radical (unpaired) electrons. The molecular formula is C16H14F2N2. The number of halogens is 2. The highest BCUT2D eigenvalue weighted by atomic mass is 19.1. The fraction of sp³-hybridized carbons (Fsp3) is 0.188. The lowest BCUT2D eigenvalue weighted by Crippen LogP contribution is -2.18. The zero-order valence-electron chi connectivity index (χ0n) is 11.0. The van der Waals surface area contributed by atoms with Gasteiger partial charge in [0.2, 0.25) is 0 Å². The first-order valence-corrected chi connectivity index (χ1v) is 6.27. The van der Waals surface area contributed by atoms with Gasteiger partial charge in [-0.3, -0.25) is 0 Å². The number of benzene rings is 2. The first kappa shape index (κ1) is 14.2. The van der Waals surface area contributed by atoms with Crippen molar-refractivity contribution in [3.63, 3.8) is 0 Å². The standard InChI is InChI=1S/C16H14F2N2/c1-11(14-2-4-15(17)5-3-14)20-10-13-6-12(9-19)7-16(18)8-13/h2-8,11,20H,10H2,1H3/t11-/m0/s1. The van der Waals surface area contributed by atoms with E-state index in [-0.39, 0.29) is 11.9 Å². The molecule has 20 heavy (non-hydrogen) atoms. The van der Waals surface area contributed by atoms with Crippen molar-refractivity contribution in [3.05, 3.63) is 70.8 Å². The quantitative estimate of drug-likeness (QED) is 0.921. The summed E-state index contributed by atoms with van der Waals surface area (Å²) in [6.45, 7) is 2.38. The van der Waals surface area contributed by atoms with Gasteiger partial charge in [0.15, 0.2) is 0 Å². The van der Waals surface area contributed by atoms with Gasteiger partial charge < -0.3 is 5.32 Å². The Bertz CT molecular complexity index is 630. The van der Waals surface area contributed by atoms with E-state index in [9.17, 15) is 8.78 Å². The average Bonchev–Trinajstić information content (AvgIpc) is 2.45. The van der Waals surface area contributed by atoms with Crippen molar-refractivity contribution in [2.45, 2.75) is 19.5 Å². The highest BCUT2D eigenvalue weighted by Crippen LogP contribution is 2.15. The van der Waals surface area contributed by atoms with Gasteiger partial charge in [0.1, 0.15) is 11.6 Å². The van der Waals surface area contributed by atoms with Gasteiger partial charge in [0, 0.05) is 12.6 Å². The van der Waals surface area contributed by atoms with Crippen molar-refractivity contribution in [2.24, 2.45) is 0 Å². The number of rotatable bonds is 4. The number of nitriles is 1. The Kier molecular flexibility index (Phi) is 4.44. The number of nitrogens with zero attached hydrogens (tertiary/aromatic N) is 1. The monoisotopic (exact) mass is 272 g/mol. The summed E-state index contributed by atoms with van der Waals surface area (Å²) in [4.78, 5) is 0. The molecule has 0 saturated carbocycles. The Morgan fingerprint density at radius 1 is 1.10 bits per heavy atom. The van der Waals surface area contributed by atoms with Crippen molar-refractivity contribution in [3.8, 4) is 6.07 Å². The molecule has 2 aromatic carbocycles. The fourth-order valence-corrected chi connectivity index (χ4v) is 1.96. The van der Waals surface area contributed by atoms with Crippen LogP contribution < -0.4 is 5.32 Å². The van der Waals surface area contributed by atoms with Crippen LogP contribution in [0.25, 0.3) is 0 Å². The number of nitrogens with one attached hydrogen (secondary N) is 1. The summed E-state index contributed by atoms with van der Waals surface area (Å²) in [5.74, 6) is -0.694. The van der Waals surface area contributed by atoms with Gasteiger partial charge in [0.05, 0.1) is 11.6 Å². The molecule has 4 heteroatoms. The third kappa shape index (κ3) is 3.62. The van der Waals surface area contributed by atoms with Gasteiger partial charge in [0.25, 0.3) is 0 Å². The van der Waals surface area contributed by atoms with E-state index in [1.165, 1.54) is 24.3 Å². The van der Waals surface area contributed by atoms with E-state index < -0.39 is 5.82 Å². The van der Waals surface area contributed by atoms with Crippen LogP contribution >= 0.6 is 0 Å². The van der Waals surface area contributed by atoms with Crippen molar-refractivity contribution >= 4 is 0 Å². The largest absolute Gasteiger partial charge is 0.306 e. The Balaban J connectivity index is 2.03. The Labute approximate surface area is 116 Å². The highest BCUT2D eigenvalue weighted by molar-refractivity contribution is 5.33. The molecule has 0 aliphatic rings. The van der Waals surface area contributed by atoms with Crippen molar-refractivity contribution in [1.82, 2.24) is 5.32 Å². The van der Waals surface area contributed by atoms with Crippen LogP contribution in [0.2, 0.25) is 0 Å². The first-order valence-electron chi connectivity index (χ1n) is 6.27. The second kappa shape index (κ2) is 6.27. The molecule has 0 saturated heterocycles. The zero-order chi connectivity index (χ0) is 14.5. The molecule has 0 aliphatic carbocycles. The molecule has 0 fully saturated rings. The van der Waals surface area contributed by atoms with Crippen LogP contribution in [0.3, 0.4) is 0 Å². The molecular weight excluding hydrogens is 258 g/mol. The SMILES string of the molecule is C[C@H](NCc1cc(F)cc(C#N)c1)c1ccc(F)cc1. The van der Waals surface area contributed by atoms with Gasteiger partial charge in [-0.2, -0.15) is 5.26 Å². The minimum atomic E-state index is -0.421. The van der Waals surface area contributed by atoms with Crippen molar-refractivity contribution < 1.29 is 8.78 Å². The molecule has 0 bridgehead atoms. The summed E-state index contributed by atoms with van der Waals surface area (Å²) in [5.41, 5.74) is 1.95. The van der Waals surface area contributed by atoms with Gasteiger partial charge in [-0.05, 0) is 48.4 Å². The van der Waals surface area contributed by atoms with Crippen LogP contribution in [0.5, 0.6) is 0 Å². The minimum Gasteiger partial charge on any atom is -0.306 e. The smallest absolute Gasteiger partial charge is 0.124 e. The van der Waals surface area contributed by atoms with Crippen molar-refractivity contribution in [1.29, 1.82) is 5.26 Å². The molecule has 1 atom stereocenters. The van der Waals surface area contributed by atoms with Crippen LogP contribution in [-0.2, 0) is 6.54 Å². The summed E-state index contributed by atoms with van der Waals surface area (Å²) < 4.78 is 26.1. The van der Waals surface area contributed by atoms with E-state index in [1.54, 1.807) is 18.2 Å². The predicted octanol–water partition coefficient (Wildman–Crippen LogP) is 3.69. The molecule has 0 heterocycles. The Hall–Kier alpha value is -2.25. The molecule has 0 unspecified atom stereocenters. The molecule has 0 spiro atoms. The lowest BCUT2D eigenvalue weighted by atomic mass is 10.1. The Morgan fingerprint density at radius 2 is 1.80 bits per heavy atom. The molecule has 0 aromatic heterocycles. The van der Waals surface area contributed by atoms with Crippen LogP contribution in [0, 0.1) is 23.0 Å². The highest BCUT2D eigenvalue weighted by Gasteiger charge is 2.06. The second-order valence-electron chi connectivity index (χ2n) is 4.61. The van der Waals surface area contributed by atoms with Gasteiger partial charge >= 0.3 is 0 Å². The summed E-state index contributed by atoms with van der Waals surface area (Å²) in [7, 11) is 0. The van der Waals surface area contributed by atoms with Gasteiger partial charge in [-0.25, -0.2) is 8.78 Å². The lowest BCUT2D eigenvalue weighted by molar-refractivity contribution is 0.566. The summed E-state index contributed by atoms with van der Waals surface area (Å²) in [5, 5.41) is 12.0. The number of hydrogen-bond acceptors (Lipinski definition) is 2. The molecule has 0 amide bonds.